The van der Waals surface area contributed by atoms with Gasteiger partial charge in [0.25, 0.3) is 0 Å². The first kappa shape index (κ1) is 10.7. The van der Waals surface area contributed by atoms with E-state index in [9.17, 15) is 0 Å². The number of nitrogens with zero attached hydrogens (tertiary/aromatic N) is 1. The fraction of sp³-hybridized carbons (Fsp3) is 0.667. The molecule has 0 aliphatic carbocycles. The predicted molar refractivity (Wildman–Crippen MR) is 27.2 cm³/mol. The number of hydrogen-bond donors (Lipinski definition) is 1. The summed E-state index contributed by atoms with van der Waals surface area (Å²) in [6.07, 6.45) is 0. The van der Waals surface area contributed by atoms with Gasteiger partial charge in [0.2, 0.25) is 0 Å². The molecule has 0 saturated heterocycles. The van der Waals surface area contributed by atoms with Crippen molar-refractivity contribution in [1.82, 2.24) is 4.90 Å². The van der Waals surface area contributed by atoms with E-state index in [0.29, 0.717) is 4.73 Å². The van der Waals surface area contributed by atoms with Gasteiger partial charge in [0, 0.05) is 22.4 Å². The van der Waals surface area contributed by atoms with E-state index in [1.807, 2.05) is 14.1 Å². The van der Waals surface area contributed by atoms with Gasteiger partial charge in [-0.05, 0) is 0 Å². The number of nitrogens with one attached hydrogen (secondary N) is 1. The largest absolute Gasteiger partial charge is 0 e. The van der Waals surface area contributed by atoms with Crippen LogP contribution in [0.2, 0.25) is 0 Å². The van der Waals surface area contributed by atoms with E-state index in [2.05, 4.69) is 16.0 Å². The summed E-state index contributed by atoms with van der Waals surface area (Å²) in [4.78, 5) is 1.69. The first-order chi connectivity index (χ1) is 2.64. The number of rotatable bonds is 0. The van der Waals surface area contributed by atoms with Crippen molar-refractivity contribution in [3.8, 4) is 0 Å². The molecule has 0 saturated carbocycles. The fourth-order valence-corrected chi connectivity index (χ4v) is 0. The van der Waals surface area contributed by atoms with Crippen molar-refractivity contribution in [2.24, 2.45) is 0 Å². The van der Waals surface area contributed by atoms with Crippen molar-refractivity contribution >= 4 is 20.7 Å². The van der Waals surface area contributed by atoms with Crippen LogP contribution in [0.5, 0.6) is 0 Å². The molecule has 0 aromatic carbocycles. The molecule has 0 unspecified atom stereocenters. The molecule has 0 aliphatic rings. The third kappa shape index (κ3) is 6.73. The zero-order valence-electron chi connectivity index (χ0n) is 4.16. The van der Waals surface area contributed by atoms with Crippen LogP contribution in [-0.4, -0.2) is 39.7 Å². The van der Waals surface area contributed by atoms with E-state index < -0.39 is 0 Å². The maximum absolute atomic E-state index is 6.82. The molecule has 7 heavy (non-hydrogen) atoms. The Morgan fingerprint density at radius 2 is 1.71 bits per heavy atom. The topological polar surface area (TPSA) is 27.1 Å². The Bertz CT molecular complexity index is 64.0. The van der Waals surface area contributed by atoms with Crippen molar-refractivity contribution in [1.29, 1.82) is 5.41 Å². The molecule has 0 aliphatic heterocycles. The third-order valence-corrected chi connectivity index (χ3v) is 1.17. The molecule has 0 bridgehead atoms. The van der Waals surface area contributed by atoms with E-state index in [0.717, 1.165) is 0 Å². The molecule has 0 aromatic rings. The van der Waals surface area contributed by atoms with E-state index in [-0.39, 0.29) is 22.4 Å². The van der Waals surface area contributed by atoms with E-state index >= 15 is 0 Å². The smallest absolute Gasteiger partial charge is 0 e. The van der Waals surface area contributed by atoms with Gasteiger partial charge in [-0.1, -0.05) is 0 Å². The van der Waals surface area contributed by atoms with Crippen molar-refractivity contribution < 1.29 is 22.4 Å². The average molecular weight is 258 g/mol. The molecule has 0 fully saturated rings. The van der Waals surface area contributed by atoms with Crippen molar-refractivity contribution in [2.75, 3.05) is 14.1 Å². The summed E-state index contributed by atoms with van der Waals surface area (Å²) < 4.78 is 0.468. The summed E-state index contributed by atoms with van der Waals surface area (Å²) in [6, 6.07) is 0. The molecule has 0 rings (SSSR count). The molecular weight excluding hydrogens is 251 g/mol. The van der Waals surface area contributed by atoms with Gasteiger partial charge in [0.15, 0.2) is 0 Å². The molecule has 0 spiro atoms. The van der Waals surface area contributed by atoms with Gasteiger partial charge < -0.3 is 0 Å². The van der Waals surface area contributed by atoms with Crippen LogP contribution in [-0.2, 0) is 22.4 Å². The standard InChI is InChI=1S/C3H7N2Se.Ag/c1-5(2)3(4)6;/h4H,1-2H3;. The molecule has 4 heteroatoms. The van der Waals surface area contributed by atoms with E-state index in [1.54, 1.807) is 4.90 Å². The van der Waals surface area contributed by atoms with Crippen LogP contribution >= 0.6 is 0 Å². The van der Waals surface area contributed by atoms with Crippen LogP contribution in [0.25, 0.3) is 0 Å². The summed E-state index contributed by atoms with van der Waals surface area (Å²) in [5.74, 6) is 0. The van der Waals surface area contributed by atoms with Gasteiger partial charge in [-0.2, -0.15) is 0 Å². The Hall–Kier alpha value is 0.730. The summed E-state index contributed by atoms with van der Waals surface area (Å²) in [6.45, 7) is 0. The summed E-state index contributed by atoms with van der Waals surface area (Å²) >= 11 is 2.55. The number of amidine groups is 1. The Labute approximate surface area is 67.5 Å². The van der Waals surface area contributed by atoms with Crippen LogP contribution in [0.4, 0.5) is 0 Å². The molecule has 0 amide bonds. The zero-order chi connectivity index (χ0) is 5.15. The van der Waals surface area contributed by atoms with Crippen LogP contribution in [0.3, 0.4) is 0 Å². The van der Waals surface area contributed by atoms with Crippen molar-refractivity contribution in [3.63, 3.8) is 0 Å². The molecule has 0 heterocycles. The molecular formula is C3H7AgN2Se. The third-order valence-electron chi connectivity index (χ3n) is 0.406. The van der Waals surface area contributed by atoms with Gasteiger partial charge in [-0.25, -0.2) is 0 Å². The average Bonchev–Trinajstić information content (AvgIpc) is 1.36. The number of hydrogen-bond acceptors (Lipinski definition) is 1. The Balaban J connectivity index is 0. The minimum atomic E-state index is 0. The van der Waals surface area contributed by atoms with Gasteiger partial charge in [0.1, 0.15) is 0 Å². The second-order valence-electron chi connectivity index (χ2n) is 1.20. The van der Waals surface area contributed by atoms with Crippen molar-refractivity contribution in [3.05, 3.63) is 0 Å². The molecule has 0 atom stereocenters. The Morgan fingerprint density at radius 1 is 1.57 bits per heavy atom. The molecule has 2 radical (unpaired) electrons. The first-order valence-electron chi connectivity index (χ1n) is 1.57. The van der Waals surface area contributed by atoms with E-state index in [4.69, 9.17) is 5.41 Å². The van der Waals surface area contributed by atoms with Crippen LogP contribution < -0.4 is 0 Å². The van der Waals surface area contributed by atoms with E-state index in [1.165, 1.54) is 0 Å². The fourth-order valence-electron chi connectivity index (χ4n) is 0. The molecule has 2 nitrogen and oxygen atoms in total. The van der Waals surface area contributed by atoms with Crippen molar-refractivity contribution in [2.45, 2.75) is 0 Å². The predicted octanol–water partition coefficient (Wildman–Crippen LogP) is -0.351. The zero-order valence-corrected chi connectivity index (χ0v) is 7.35. The monoisotopic (exact) mass is 258 g/mol. The molecule has 0 aromatic heterocycles. The SMILES string of the molecule is CN(C)C(=N)[Se].[Ag]. The van der Waals surface area contributed by atoms with Crippen LogP contribution in [0, 0.1) is 5.41 Å². The second-order valence-corrected chi connectivity index (χ2v) is 2.01. The quantitative estimate of drug-likeness (QED) is 0.359. The summed E-state index contributed by atoms with van der Waals surface area (Å²) in [5, 5.41) is 6.82. The first-order valence-corrected chi connectivity index (χ1v) is 2.43. The summed E-state index contributed by atoms with van der Waals surface area (Å²) in [5.41, 5.74) is 0. The summed E-state index contributed by atoms with van der Waals surface area (Å²) in [7, 11) is 3.64. The van der Waals surface area contributed by atoms with Crippen LogP contribution in [0.1, 0.15) is 0 Å². The van der Waals surface area contributed by atoms with Gasteiger partial charge >= 0.3 is 45.2 Å². The van der Waals surface area contributed by atoms with Crippen LogP contribution in [0.15, 0.2) is 0 Å². The van der Waals surface area contributed by atoms with Gasteiger partial charge in [0.05, 0.1) is 0 Å². The van der Waals surface area contributed by atoms with Gasteiger partial charge in [-0.3, -0.25) is 0 Å². The van der Waals surface area contributed by atoms with Gasteiger partial charge in [-0.15, -0.1) is 0 Å². The Morgan fingerprint density at radius 3 is 1.71 bits per heavy atom. The minimum Gasteiger partial charge on any atom is 0 e. The normalized spacial score (nSPS) is 6.57. The minimum absolute atomic E-state index is 0. The second kappa shape index (κ2) is 4.88. The Kier molecular flexibility index (Phi) is 7.43. The molecule has 46 valence electrons. The maximum atomic E-state index is 6.82. The maximum Gasteiger partial charge on any atom is 0 e. The molecule has 1 N–H and O–H groups in total.